The molecule has 2 saturated heterocycles. The monoisotopic (exact) mass is 240 g/mol. The van der Waals surface area contributed by atoms with Crippen LogP contribution in [0.5, 0.6) is 0 Å². The second kappa shape index (κ2) is 5.68. The molecule has 0 amide bonds. The molecule has 0 aromatic heterocycles. The SMILES string of the molecule is CC1(C)CCCN(CC(N)C2CCOC2)CC1. The van der Waals surface area contributed by atoms with Gasteiger partial charge >= 0.3 is 0 Å². The highest BCUT2D eigenvalue weighted by Gasteiger charge is 2.27. The summed E-state index contributed by atoms with van der Waals surface area (Å²) in [7, 11) is 0. The van der Waals surface area contributed by atoms with Crippen LogP contribution < -0.4 is 5.73 Å². The zero-order chi connectivity index (χ0) is 12.3. The highest BCUT2D eigenvalue weighted by Crippen LogP contribution is 2.30. The van der Waals surface area contributed by atoms with Crippen molar-refractivity contribution in [1.82, 2.24) is 4.90 Å². The van der Waals surface area contributed by atoms with E-state index in [1.165, 1.54) is 32.4 Å². The Morgan fingerprint density at radius 1 is 1.35 bits per heavy atom. The van der Waals surface area contributed by atoms with Crippen molar-refractivity contribution in [2.24, 2.45) is 17.1 Å². The molecule has 0 aliphatic carbocycles. The van der Waals surface area contributed by atoms with Gasteiger partial charge in [-0.3, -0.25) is 0 Å². The lowest BCUT2D eigenvalue weighted by molar-refractivity contribution is 0.169. The van der Waals surface area contributed by atoms with E-state index in [2.05, 4.69) is 18.7 Å². The third-order valence-electron chi connectivity index (χ3n) is 4.47. The maximum Gasteiger partial charge on any atom is 0.0510 e. The van der Waals surface area contributed by atoms with Crippen LogP contribution in [-0.4, -0.2) is 43.8 Å². The van der Waals surface area contributed by atoms with Crippen molar-refractivity contribution in [3.63, 3.8) is 0 Å². The van der Waals surface area contributed by atoms with Crippen molar-refractivity contribution < 1.29 is 4.74 Å². The molecule has 2 aliphatic heterocycles. The van der Waals surface area contributed by atoms with E-state index in [-0.39, 0.29) is 0 Å². The second-order valence-electron chi connectivity index (χ2n) is 6.61. The summed E-state index contributed by atoms with van der Waals surface area (Å²) in [5.41, 5.74) is 6.83. The van der Waals surface area contributed by atoms with E-state index in [0.29, 0.717) is 17.4 Å². The van der Waals surface area contributed by atoms with Crippen LogP contribution in [-0.2, 0) is 4.74 Å². The molecule has 100 valence electrons. The van der Waals surface area contributed by atoms with Gasteiger partial charge in [-0.05, 0) is 44.2 Å². The minimum atomic E-state index is 0.304. The van der Waals surface area contributed by atoms with E-state index in [1.54, 1.807) is 0 Å². The van der Waals surface area contributed by atoms with Crippen molar-refractivity contribution in [2.75, 3.05) is 32.8 Å². The van der Waals surface area contributed by atoms with Gasteiger partial charge < -0.3 is 15.4 Å². The minimum absolute atomic E-state index is 0.304. The van der Waals surface area contributed by atoms with Crippen LogP contribution >= 0.6 is 0 Å². The normalized spacial score (nSPS) is 32.3. The first kappa shape index (κ1) is 13.3. The lowest BCUT2D eigenvalue weighted by Gasteiger charge is -2.27. The average molecular weight is 240 g/mol. The van der Waals surface area contributed by atoms with E-state index >= 15 is 0 Å². The fraction of sp³-hybridized carbons (Fsp3) is 1.00. The number of hydrogen-bond donors (Lipinski definition) is 1. The van der Waals surface area contributed by atoms with Gasteiger partial charge in [0.05, 0.1) is 6.61 Å². The van der Waals surface area contributed by atoms with Crippen molar-refractivity contribution in [1.29, 1.82) is 0 Å². The Morgan fingerprint density at radius 3 is 2.88 bits per heavy atom. The first-order valence-electron chi connectivity index (χ1n) is 7.12. The van der Waals surface area contributed by atoms with Gasteiger partial charge in [0.2, 0.25) is 0 Å². The van der Waals surface area contributed by atoms with Crippen LogP contribution in [0.2, 0.25) is 0 Å². The third kappa shape index (κ3) is 3.94. The summed E-state index contributed by atoms with van der Waals surface area (Å²) in [6.07, 6.45) is 5.13. The van der Waals surface area contributed by atoms with E-state index in [9.17, 15) is 0 Å². The zero-order valence-corrected chi connectivity index (χ0v) is 11.5. The molecule has 0 bridgehead atoms. The van der Waals surface area contributed by atoms with E-state index < -0.39 is 0 Å². The van der Waals surface area contributed by atoms with Gasteiger partial charge in [-0.15, -0.1) is 0 Å². The van der Waals surface area contributed by atoms with Gasteiger partial charge in [-0.25, -0.2) is 0 Å². The largest absolute Gasteiger partial charge is 0.381 e. The summed E-state index contributed by atoms with van der Waals surface area (Å²) in [5, 5.41) is 0. The number of nitrogens with two attached hydrogens (primary N) is 1. The predicted molar refractivity (Wildman–Crippen MR) is 71.0 cm³/mol. The predicted octanol–water partition coefficient (Wildman–Crippen LogP) is 1.86. The number of hydrogen-bond acceptors (Lipinski definition) is 3. The van der Waals surface area contributed by atoms with Gasteiger partial charge in [0.15, 0.2) is 0 Å². The van der Waals surface area contributed by atoms with Gasteiger partial charge in [0, 0.05) is 25.1 Å². The van der Waals surface area contributed by atoms with Crippen LogP contribution in [0.4, 0.5) is 0 Å². The summed E-state index contributed by atoms with van der Waals surface area (Å²) in [5.74, 6) is 0.589. The van der Waals surface area contributed by atoms with Gasteiger partial charge in [-0.1, -0.05) is 13.8 Å². The quantitative estimate of drug-likeness (QED) is 0.818. The Bertz CT molecular complexity index is 236. The number of nitrogens with zero attached hydrogens (tertiary/aromatic N) is 1. The summed E-state index contributed by atoms with van der Waals surface area (Å²) in [6, 6.07) is 0.304. The molecule has 2 unspecified atom stereocenters. The van der Waals surface area contributed by atoms with Crippen LogP contribution in [0, 0.1) is 11.3 Å². The summed E-state index contributed by atoms with van der Waals surface area (Å²) in [4.78, 5) is 2.57. The molecule has 3 heteroatoms. The maximum absolute atomic E-state index is 6.31. The van der Waals surface area contributed by atoms with Gasteiger partial charge in [-0.2, -0.15) is 0 Å². The molecular formula is C14H28N2O. The minimum Gasteiger partial charge on any atom is -0.381 e. The topological polar surface area (TPSA) is 38.5 Å². The van der Waals surface area contributed by atoms with E-state index in [0.717, 1.165) is 26.2 Å². The molecule has 0 aromatic rings. The van der Waals surface area contributed by atoms with Crippen molar-refractivity contribution in [2.45, 2.75) is 45.6 Å². The molecule has 17 heavy (non-hydrogen) atoms. The van der Waals surface area contributed by atoms with Gasteiger partial charge in [0.1, 0.15) is 0 Å². The summed E-state index contributed by atoms with van der Waals surface area (Å²) < 4.78 is 5.43. The fourth-order valence-corrected chi connectivity index (χ4v) is 3.00. The van der Waals surface area contributed by atoms with Gasteiger partial charge in [0.25, 0.3) is 0 Å². The second-order valence-corrected chi connectivity index (χ2v) is 6.61. The van der Waals surface area contributed by atoms with Crippen molar-refractivity contribution in [3.05, 3.63) is 0 Å². The van der Waals surface area contributed by atoms with Crippen LogP contribution in [0.1, 0.15) is 39.5 Å². The van der Waals surface area contributed by atoms with Crippen LogP contribution in [0.25, 0.3) is 0 Å². The van der Waals surface area contributed by atoms with Crippen LogP contribution in [0.15, 0.2) is 0 Å². The molecule has 3 nitrogen and oxygen atoms in total. The Labute approximate surface area is 106 Å². The highest BCUT2D eigenvalue weighted by atomic mass is 16.5. The molecule has 2 aliphatic rings. The number of rotatable bonds is 3. The Balaban J connectivity index is 1.78. The maximum atomic E-state index is 6.31. The summed E-state index contributed by atoms with van der Waals surface area (Å²) >= 11 is 0. The molecular weight excluding hydrogens is 212 g/mol. The molecule has 0 saturated carbocycles. The Morgan fingerprint density at radius 2 is 2.18 bits per heavy atom. The average Bonchev–Trinajstić information content (AvgIpc) is 2.73. The molecule has 0 aromatic carbocycles. The molecule has 0 radical (unpaired) electrons. The highest BCUT2D eigenvalue weighted by molar-refractivity contribution is 4.82. The number of ether oxygens (including phenoxy) is 1. The van der Waals surface area contributed by atoms with E-state index in [1.807, 2.05) is 0 Å². The van der Waals surface area contributed by atoms with Crippen LogP contribution in [0.3, 0.4) is 0 Å². The Hall–Kier alpha value is -0.120. The van der Waals surface area contributed by atoms with Crippen molar-refractivity contribution >= 4 is 0 Å². The van der Waals surface area contributed by atoms with E-state index in [4.69, 9.17) is 10.5 Å². The standard InChI is InChI=1S/C14H28N2O/c1-14(2)5-3-7-16(8-6-14)10-13(15)12-4-9-17-11-12/h12-13H,3-11,15H2,1-2H3. The smallest absolute Gasteiger partial charge is 0.0510 e. The third-order valence-corrected chi connectivity index (χ3v) is 4.47. The molecule has 0 spiro atoms. The first-order chi connectivity index (χ1) is 8.07. The lowest BCUT2D eigenvalue weighted by atomic mass is 9.85. The lowest BCUT2D eigenvalue weighted by Crippen LogP contribution is -2.43. The molecule has 2 fully saturated rings. The molecule has 2 heterocycles. The first-order valence-corrected chi connectivity index (χ1v) is 7.12. The molecule has 2 atom stereocenters. The zero-order valence-electron chi connectivity index (χ0n) is 11.5. The summed E-state index contributed by atoms with van der Waals surface area (Å²) in [6.45, 7) is 10.1. The molecule has 2 N–H and O–H groups in total. The number of likely N-dealkylation sites (tertiary alicyclic amines) is 1. The van der Waals surface area contributed by atoms with Crippen molar-refractivity contribution in [3.8, 4) is 0 Å². The fourth-order valence-electron chi connectivity index (χ4n) is 3.00. The molecule has 2 rings (SSSR count). The Kier molecular flexibility index (Phi) is 4.45.